The summed E-state index contributed by atoms with van der Waals surface area (Å²) in [4.78, 5) is 97.9. The molecule has 0 bridgehead atoms. The monoisotopic (exact) mass is 1920 g/mol. The number of carboxylic acid groups (broad SMARTS) is 2. The molecule has 139 heavy (non-hydrogen) atoms. The van der Waals surface area contributed by atoms with Crippen molar-refractivity contribution >= 4 is 83.9 Å². The fourth-order valence-electron chi connectivity index (χ4n) is 15.8. The van der Waals surface area contributed by atoms with Gasteiger partial charge in [0.2, 0.25) is 5.91 Å². The van der Waals surface area contributed by atoms with Gasteiger partial charge in [-0.3, -0.25) is 19.2 Å². The van der Waals surface area contributed by atoms with Crippen LogP contribution in [0, 0.1) is 12.3 Å². The van der Waals surface area contributed by atoms with Gasteiger partial charge in [-0.05, 0) is 186 Å². The smallest absolute Gasteiger partial charge is 0.408 e. The molecule has 724 valence electrons. The van der Waals surface area contributed by atoms with Crippen LogP contribution in [0.5, 0.6) is 11.5 Å². The van der Waals surface area contributed by atoms with Gasteiger partial charge in [-0.25, -0.2) is 33.2 Å². The largest absolute Gasteiger partial charge is 0.489 e. The maximum Gasteiger partial charge on any atom is 0.408 e. The SMILES string of the molecule is C#CC(=O)OC.CC(C)(C)OC(=O)NC1(c2ccccc2)CC1.CCOC(=O)c1cn(C2(c3ccccc3)CC2)nn1.CN1C(=O)[C@@H](N)COc2ccccc21.CN1C(=O)[C@@H](NC(=O)c2cn(C3(c4ccccc4)CC3)nn2)COc2ccccc21.Cl.Cl.NC1(c2ccccc2)CC1.O=C(O)C1(c2ccccc2)CC1.O=C(O)c1cn(C2(c3ccccc3)CC2)nn1.[N-]=[N+]=NC1(c2ccccc2)CC1. The minimum Gasteiger partial charge on any atom is -0.489 e. The van der Waals surface area contributed by atoms with Crippen LogP contribution in [-0.2, 0) is 72.0 Å². The highest BCUT2D eigenvalue weighted by atomic mass is 35.5. The summed E-state index contributed by atoms with van der Waals surface area (Å²) in [5.74, 6) is -0.527. The molecule has 0 saturated heterocycles. The number of alkyl carbamates (subject to hydrolysis) is 1. The van der Waals surface area contributed by atoms with E-state index < -0.39 is 52.9 Å². The zero-order valence-corrected chi connectivity index (χ0v) is 79.9. The predicted molar refractivity (Wildman–Crippen MR) is 526 cm³/mol. The van der Waals surface area contributed by atoms with Crippen LogP contribution in [-0.4, -0.2) is 162 Å². The van der Waals surface area contributed by atoms with E-state index in [9.17, 15) is 38.4 Å². The van der Waals surface area contributed by atoms with Gasteiger partial charge in [0.1, 0.15) is 42.4 Å². The number of halogens is 2. The second-order valence-electron chi connectivity index (χ2n) is 35.4. The lowest BCUT2D eigenvalue weighted by atomic mass is 9.97. The van der Waals surface area contributed by atoms with Crippen molar-refractivity contribution in [3.8, 4) is 23.8 Å². The third-order valence-electron chi connectivity index (χ3n) is 24.7. The highest BCUT2D eigenvalue weighted by Crippen LogP contribution is 2.53. The van der Waals surface area contributed by atoms with Crippen LogP contribution >= 0.6 is 24.8 Å². The molecule has 35 heteroatoms. The van der Waals surface area contributed by atoms with Gasteiger partial charge in [-0.15, -0.1) is 46.5 Å². The summed E-state index contributed by atoms with van der Waals surface area (Å²) in [5.41, 5.74) is 28.0. The number of benzene rings is 9. The molecule has 5 heterocycles. The first-order valence-electron chi connectivity index (χ1n) is 45.2. The number of nitrogens with zero attached hydrogens (tertiary/aromatic N) is 14. The van der Waals surface area contributed by atoms with Gasteiger partial charge in [-0.2, -0.15) is 0 Å². The number of hydrogen-bond donors (Lipinski definition) is 6. The minimum absolute atomic E-state index is 0. The highest BCUT2D eigenvalue weighted by molar-refractivity contribution is 6.03. The fraction of sp³-hybridized carbons (Fsp3) is 0.327. The minimum atomic E-state index is -1.04. The summed E-state index contributed by atoms with van der Waals surface area (Å²) in [5, 5.41) is 51.2. The fourth-order valence-corrected chi connectivity index (χ4v) is 15.8. The average molecular weight is 1930 g/mol. The van der Waals surface area contributed by atoms with Crippen LogP contribution in [0.4, 0.5) is 16.2 Å². The van der Waals surface area contributed by atoms with E-state index in [4.69, 9.17) is 46.2 Å². The lowest BCUT2D eigenvalue weighted by Gasteiger charge is -2.23. The van der Waals surface area contributed by atoms with Crippen molar-refractivity contribution in [1.29, 1.82) is 0 Å². The van der Waals surface area contributed by atoms with Crippen molar-refractivity contribution in [3.63, 3.8) is 0 Å². The second kappa shape index (κ2) is 46.2. The number of terminal acetylenes is 1. The summed E-state index contributed by atoms with van der Waals surface area (Å²) < 4.78 is 30.6. The molecule has 33 nitrogen and oxygen atoms in total. The number of rotatable bonds is 18. The number of carboxylic acids is 2. The zero-order chi connectivity index (χ0) is 97.6. The standard InChI is InChI=1S/C22H21N5O3.C14H15N3O2.C14H19NO2.C12H11N3O2.C10H12N2O2.C10H10O2.C9H9N3.C9H11N.C4H4O2.2ClH/c1-26-18-9-5-6-10-19(18)30-14-17(21(26)29)23-20(28)16-13-27(25-24-16)22(11-12-22)15-7-3-2-4-8-15;1-2-19-13(18)12-10-17(16-15-12)14(8-9-14)11-6-4-3-5-7-11;1-13(2,3)17-12(16)15-14(9-10-14)11-7-5-4-6-8-11;16-11(17)10-8-15(14-13-10)12(6-7-12)9-4-2-1-3-5-9;1-12-8-4-2-3-5-9(8)14-6-7(11)10(12)13;11-9(12)10(6-7-10)8-4-2-1-3-5-8;10-12-11-9(6-7-9)8-4-2-1-3-5-8;10-9(6-7-9)8-4-2-1-3-5-8;1-3-4(5)6-2;;/h2-10,13,17H,11-12,14H2,1H3,(H,23,28);3-7,10H,2,8-9H2,1H3;4-8H,9-10H2,1-3H3,(H,15,16);1-5,8H,6-7H2,(H,16,17);2-5,7H,6,11H2,1H3;1-5H,6-7H2,(H,11,12);1-5H,6-7H2;1-5H,6-7,10H2;1H,2H3;2*1H/t17-;;;;7-;;;;;;/m0...0....../s1. The number of fused-ring (bicyclic) bond motifs is 2. The molecule has 0 spiro atoms. The van der Waals surface area contributed by atoms with Crippen molar-refractivity contribution in [1.82, 2.24) is 55.6 Å². The first kappa shape index (κ1) is 104. The topological polar surface area (TPSA) is 447 Å². The molecule has 12 aromatic rings. The van der Waals surface area contributed by atoms with Gasteiger partial charge < -0.3 is 65.8 Å². The molecule has 4 amide bonds. The number of azide groups is 1. The summed E-state index contributed by atoms with van der Waals surface area (Å²) in [6, 6.07) is 83.3. The van der Waals surface area contributed by atoms with Crippen LogP contribution in [0.1, 0.15) is 188 Å². The molecule has 3 aromatic heterocycles. The van der Waals surface area contributed by atoms with Crippen molar-refractivity contribution < 1.29 is 72.3 Å². The maximum atomic E-state index is 12.8. The Morgan fingerprint density at radius 1 is 0.518 bits per heavy atom. The number of amides is 4. The number of aromatic carboxylic acids is 1. The van der Waals surface area contributed by atoms with Crippen molar-refractivity contribution in [2.45, 2.75) is 174 Å². The highest BCUT2D eigenvalue weighted by Gasteiger charge is 2.53. The number of nitrogens with two attached hydrogens (primary N) is 2. The van der Waals surface area contributed by atoms with E-state index in [1.165, 1.54) is 34.2 Å². The molecule has 7 aliphatic carbocycles. The molecule has 0 radical (unpaired) electrons. The van der Waals surface area contributed by atoms with Gasteiger partial charge in [0, 0.05) is 30.5 Å². The predicted octanol–water partition coefficient (Wildman–Crippen LogP) is 16.1. The third kappa shape index (κ3) is 26.2. The van der Waals surface area contributed by atoms with Crippen molar-refractivity contribution in [3.05, 3.63) is 346 Å². The molecule has 2 atom stereocenters. The van der Waals surface area contributed by atoms with E-state index in [-0.39, 0.29) is 106 Å². The van der Waals surface area contributed by atoms with Gasteiger partial charge in [0.05, 0.1) is 76.8 Å². The molecule has 21 rings (SSSR count). The lowest BCUT2D eigenvalue weighted by molar-refractivity contribution is -0.140. The number of aliphatic carboxylic acids is 1. The normalized spacial score (nSPS) is 17.6. The quantitative estimate of drug-likeness (QED) is 0.00883. The van der Waals surface area contributed by atoms with E-state index in [1.807, 2.05) is 239 Å². The maximum absolute atomic E-state index is 12.8. The summed E-state index contributed by atoms with van der Waals surface area (Å²) in [6.45, 7) is 8.01. The molecule has 0 unspecified atom stereocenters. The number of methoxy groups -OCH3 is 1. The van der Waals surface area contributed by atoms with Crippen LogP contribution in [0.3, 0.4) is 0 Å². The van der Waals surface area contributed by atoms with Crippen molar-refractivity contribution in [2.75, 3.05) is 50.8 Å². The number of esters is 2. The molecule has 9 aliphatic rings. The van der Waals surface area contributed by atoms with Crippen LogP contribution in [0.2, 0.25) is 0 Å². The van der Waals surface area contributed by atoms with Crippen LogP contribution in [0.15, 0.2) is 285 Å². The Hall–Kier alpha value is -15.1. The molecule has 9 aromatic carbocycles. The average Bonchev–Trinajstić information content (AvgIpc) is 1.58. The van der Waals surface area contributed by atoms with E-state index in [0.717, 1.165) is 123 Å². The Bertz CT molecular complexity index is 6200. The van der Waals surface area contributed by atoms with Gasteiger partial charge >= 0.3 is 30.0 Å². The number of nitrogens with one attached hydrogen (secondary N) is 2. The van der Waals surface area contributed by atoms with E-state index in [1.54, 1.807) is 59.4 Å². The number of hydrogen-bond acceptors (Lipinski definition) is 22. The Morgan fingerprint density at radius 3 is 1.27 bits per heavy atom. The molecule has 2 aliphatic heterocycles. The Morgan fingerprint density at radius 2 is 0.899 bits per heavy atom. The number of ether oxygens (including phenoxy) is 5. The number of likely N-dealkylation sites (N-methyl/N-ethyl adjacent to an activating group) is 2. The van der Waals surface area contributed by atoms with Crippen molar-refractivity contribution in [2.24, 2.45) is 16.6 Å². The van der Waals surface area contributed by atoms with Crippen LogP contribution in [0.25, 0.3) is 10.4 Å². The molecular formula is C104H114Cl2N18O15. The Labute approximate surface area is 818 Å². The molecule has 7 fully saturated rings. The summed E-state index contributed by atoms with van der Waals surface area (Å²) >= 11 is 0. The van der Waals surface area contributed by atoms with E-state index in [2.05, 4.69) is 99.2 Å². The summed E-state index contributed by atoms with van der Waals surface area (Å²) in [6.07, 6.45) is 22.7. The van der Waals surface area contributed by atoms with Gasteiger partial charge in [0.25, 0.3) is 11.8 Å². The Kier molecular flexibility index (Phi) is 34.7. The molecular weight excluding hydrogens is 1810 g/mol. The molecule has 7 saturated carbocycles. The first-order valence-corrected chi connectivity index (χ1v) is 45.2. The van der Waals surface area contributed by atoms with Gasteiger partial charge in [-0.1, -0.05) is 257 Å². The number of carbonyl (C=O) groups is 8. The van der Waals surface area contributed by atoms with Crippen LogP contribution < -0.4 is 41.4 Å². The first-order chi connectivity index (χ1) is 65.9. The van der Waals surface area contributed by atoms with Gasteiger partial charge in [0.15, 0.2) is 17.1 Å². The summed E-state index contributed by atoms with van der Waals surface area (Å²) in [7, 11) is 4.61. The lowest BCUT2D eigenvalue weighted by Crippen LogP contribution is -2.49. The molecule has 8 N–H and O–H groups in total. The third-order valence-corrected chi connectivity index (χ3v) is 24.7. The van der Waals surface area contributed by atoms with E-state index in [0.29, 0.717) is 23.8 Å². The zero-order valence-electron chi connectivity index (χ0n) is 78.2. The number of anilines is 2. The Balaban J connectivity index is 0.000000154. The number of para-hydroxylation sites is 4. The van der Waals surface area contributed by atoms with E-state index >= 15 is 0 Å². The second-order valence-corrected chi connectivity index (χ2v) is 35.4. The number of carbonyl (C=O) groups excluding carboxylic acids is 6. The number of aromatic nitrogens is 9.